The first kappa shape index (κ1) is 18.8. The summed E-state index contributed by atoms with van der Waals surface area (Å²) >= 11 is 1.20. The number of nitrogens with zero attached hydrogens (tertiary/aromatic N) is 3. The monoisotopic (exact) mass is 380 g/mol. The summed E-state index contributed by atoms with van der Waals surface area (Å²) in [7, 11) is 0. The van der Waals surface area contributed by atoms with Gasteiger partial charge < -0.3 is 4.90 Å². The molecule has 2 aromatic carbocycles. The lowest BCUT2D eigenvalue weighted by atomic mass is 10.1. The van der Waals surface area contributed by atoms with Gasteiger partial charge in [0.05, 0.1) is 17.9 Å². The summed E-state index contributed by atoms with van der Waals surface area (Å²) in [5, 5.41) is 8.69. The van der Waals surface area contributed by atoms with E-state index < -0.39 is 5.91 Å². The smallest absolute Gasteiger partial charge is 0.274 e. The van der Waals surface area contributed by atoms with Crippen LogP contribution in [0.4, 0.5) is 5.82 Å². The van der Waals surface area contributed by atoms with E-state index in [9.17, 15) is 4.79 Å². The Balaban J connectivity index is 1.74. The van der Waals surface area contributed by atoms with Crippen molar-refractivity contribution in [3.8, 4) is 0 Å². The number of amides is 1. The Labute approximate surface area is 162 Å². The van der Waals surface area contributed by atoms with Crippen LogP contribution in [0.2, 0.25) is 0 Å². The molecule has 0 unspecified atom stereocenters. The van der Waals surface area contributed by atoms with Crippen molar-refractivity contribution in [3.63, 3.8) is 0 Å². The Hall–Kier alpha value is -3.03. The molecule has 138 valence electrons. The second-order valence-corrected chi connectivity index (χ2v) is 6.72. The fourth-order valence-electron chi connectivity index (χ4n) is 2.75. The molecule has 0 aliphatic rings. The maximum Gasteiger partial charge on any atom is 0.274 e. The molecule has 0 fully saturated rings. The summed E-state index contributed by atoms with van der Waals surface area (Å²) in [6.45, 7) is 3.51. The van der Waals surface area contributed by atoms with E-state index in [-0.39, 0.29) is 0 Å². The topological polar surface area (TPSA) is 78.4 Å². The lowest BCUT2D eigenvalue weighted by Crippen LogP contribution is -2.24. The van der Waals surface area contributed by atoms with E-state index in [1.54, 1.807) is 23.8 Å². The van der Waals surface area contributed by atoms with Gasteiger partial charge in [0, 0.05) is 18.7 Å². The van der Waals surface area contributed by atoms with Crippen molar-refractivity contribution in [2.75, 3.05) is 11.4 Å². The number of hydroxylamine groups is 1. The Morgan fingerprint density at radius 2 is 1.93 bits per heavy atom. The molecule has 0 bridgehead atoms. The van der Waals surface area contributed by atoms with Crippen molar-refractivity contribution in [2.45, 2.75) is 13.5 Å². The fraction of sp³-hybridized carbons (Fsp3) is 0.150. The van der Waals surface area contributed by atoms with Gasteiger partial charge in [-0.05, 0) is 30.2 Å². The van der Waals surface area contributed by atoms with Gasteiger partial charge in [0.25, 0.3) is 5.91 Å². The molecule has 0 saturated carbocycles. The molecule has 0 aliphatic carbocycles. The number of hydrogen-bond acceptors (Lipinski definition) is 6. The third-order valence-corrected chi connectivity index (χ3v) is 4.49. The Bertz CT molecular complexity index is 894. The first-order valence-electron chi connectivity index (χ1n) is 8.44. The van der Waals surface area contributed by atoms with Crippen LogP contribution in [0.1, 0.15) is 28.4 Å². The predicted molar refractivity (Wildman–Crippen MR) is 107 cm³/mol. The molecule has 3 aromatic rings. The standard InChI is InChI=1S/C20H20N4O2S/c1-15(11-16-7-9-18(10-8-16)20(25)22-26)13-24(19-12-21-27-23-19)14-17-5-3-2-4-6-17/h2-12,26H,13-14H2,1H3,(H,22,25). The highest BCUT2D eigenvalue weighted by Crippen LogP contribution is 2.18. The molecule has 6 nitrogen and oxygen atoms in total. The molecular weight excluding hydrogens is 360 g/mol. The number of anilines is 1. The number of aromatic nitrogens is 2. The van der Waals surface area contributed by atoms with E-state index in [2.05, 4.69) is 38.8 Å². The second-order valence-electron chi connectivity index (χ2n) is 6.16. The van der Waals surface area contributed by atoms with Crippen LogP contribution in [0.3, 0.4) is 0 Å². The normalized spacial score (nSPS) is 11.3. The number of hydrogen-bond donors (Lipinski definition) is 2. The molecule has 7 heteroatoms. The minimum absolute atomic E-state index is 0.409. The number of nitrogens with one attached hydrogen (secondary N) is 1. The van der Waals surface area contributed by atoms with Crippen molar-refractivity contribution in [3.05, 3.63) is 83.1 Å². The molecule has 3 rings (SSSR count). The van der Waals surface area contributed by atoms with E-state index in [1.165, 1.54) is 17.3 Å². The van der Waals surface area contributed by atoms with Gasteiger partial charge in [-0.2, -0.15) is 8.75 Å². The molecule has 0 radical (unpaired) electrons. The molecule has 2 N–H and O–H groups in total. The molecule has 0 saturated heterocycles. The first-order chi connectivity index (χ1) is 13.2. The zero-order valence-corrected chi connectivity index (χ0v) is 15.7. The van der Waals surface area contributed by atoms with Gasteiger partial charge in [0.2, 0.25) is 0 Å². The minimum Gasteiger partial charge on any atom is -0.346 e. The lowest BCUT2D eigenvalue weighted by Gasteiger charge is -2.22. The van der Waals surface area contributed by atoms with Gasteiger partial charge in [0.1, 0.15) is 0 Å². The molecule has 0 aliphatic heterocycles. The third kappa shape index (κ3) is 5.22. The van der Waals surface area contributed by atoms with Crippen molar-refractivity contribution in [1.29, 1.82) is 0 Å². The molecule has 0 spiro atoms. The highest BCUT2D eigenvalue weighted by molar-refractivity contribution is 6.99. The van der Waals surface area contributed by atoms with Gasteiger partial charge in [-0.25, -0.2) is 5.48 Å². The highest BCUT2D eigenvalue weighted by Gasteiger charge is 2.11. The van der Waals surface area contributed by atoms with Crippen molar-refractivity contribution >= 4 is 29.5 Å². The van der Waals surface area contributed by atoms with Crippen LogP contribution in [0.15, 0.2) is 66.4 Å². The quantitative estimate of drug-likeness (QED) is 0.482. The van der Waals surface area contributed by atoms with Gasteiger partial charge in [0.15, 0.2) is 5.82 Å². The van der Waals surface area contributed by atoms with Crippen molar-refractivity contribution in [1.82, 2.24) is 14.2 Å². The van der Waals surface area contributed by atoms with Crippen LogP contribution in [-0.4, -0.2) is 26.4 Å². The van der Waals surface area contributed by atoms with Crippen LogP contribution in [0.25, 0.3) is 6.08 Å². The predicted octanol–water partition coefficient (Wildman–Crippen LogP) is 3.77. The maximum absolute atomic E-state index is 11.4. The van der Waals surface area contributed by atoms with Crippen molar-refractivity contribution < 1.29 is 10.0 Å². The van der Waals surface area contributed by atoms with E-state index in [1.807, 2.05) is 30.3 Å². The maximum atomic E-state index is 11.4. The fourth-order valence-corrected chi connectivity index (χ4v) is 3.18. The summed E-state index contributed by atoms with van der Waals surface area (Å²) in [4.78, 5) is 13.6. The number of carbonyl (C=O) groups excluding carboxylic acids is 1. The highest BCUT2D eigenvalue weighted by atomic mass is 32.1. The molecule has 1 aromatic heterocycles. The molecule has 1 heterocycles. The summed E-state index contributed by atoms with van der Waals surface area (Å²) < 4.78 is 8.50. The Kier molecular flexibility index (Phi) is 6.30. The van der Waals surface area contributed by atoms with Crippen molar-refractivity contribution in [2.24, 2.45) is 0 Å². The van der Waals surface area contributed by atoms with Crippen LogP contribution in [-0.2, 0) is 6.54 Å². The van der Waals surface area contributed by atoms with Crippen LogP contribution < -0.4 is 10.4 Å². The van der Waals surface area contributed by atoms with Gasteiger partial charge in [-0.3, -0.25) is 10.0 Å². The van der Waals surface area contributed by atoms with E-state index in [0.717, 1.165) is 23.5 Å². The lowest BCUT2D eigenvalue weighted by molar-refractivity contribution is 0.0706. The number of carbonyl (C=O) groups is 1. The Morgan fingerprint density at radius 1 is 1.19 bits per heavy atom. The van der Waals surface area contributed by atoms with Gasteiger partial charge in [-0.1, -0.05) is 54.1 Å². The van der Waals surface area contributed by atoms with E-state index in [4.69, 9.17) is 5.21 Å². The van der Waals surface area contributed by atoms with Crippen LogP contribution in [0.5, 0.6) is 0 Å². The Morgan fingerprint density at radius 3 is 2.56 bits per heavy atom. The molecule has 1 amide bonds. The average Bonchev–Trinajstić information content (AvgIpc) is 3.23. The largest absolute Gasteiger partial charge is 0.346 e. The van der Waals surface area contributed by atoms with Crippen LogP contribution >= 0.6 is 11.7 Å². The summed E-state index contributed by atoms with van der Waals surface area (Å²) in [5.74, 6) is 0.332. The summed E-state index contributed by atoms with van der Waals surface area (Å²) in [6.07, 6.45) is 3.85. The van der Waals surface area contributed by atoms with E-state index in [0.29, 0.717) is 12.1 Å². The van der Waals surface area contributed by atoms with Gasteiger partial charge in [-0.15, -0.1) is 0 Å². The average molecular weight is 380 g/mol. The molecule has 27 heavy (non-hydrogen) atoms. The molecular formula is C20H20N4O2S. The van der Waals surface area contributed by atoms with Crippen LogP contribution in [0, 0.1) is 0 Å². The molecule has 0 atom stereocenters. The van der Waals surface area contributed by atoms with Gasteiger partial charge >= 0.3 is 0 Å². The number of rotatable bonds is 7. The summed E-state index contributed by atoms with van der Waals surface area (Å²) in [6, 6.07) is 17.3. The SMILES string of the molecule is CC(=Cc1ccc(C(=O)NO)cc1)CN(Cc1ccccc1)c1cnsn1. The summed E-state index contributed by atoms with van der Waals surface area (Å²) in [5.41, 5.74) is 5.38. The second kappa shape index (κ2) is 9.07. The minimum atomic E-state index is -0.521. The number of benzene rings is 2. The zero-order chi connectivity index (χ0) is 19.1. The first-order valence-corrected chi connectivity index (χ1v) is 9.17. The van der Waals surface area contributed by atoms with E-state index >= 15 is 0 Å². The zero-order valence-electron chi connectivity index (χ0n) is 14.9. The third-order valence-electron chi connectivity index (χ3n) is 4.02.